The largest absolute Gasteiger partial charge is 0.480 e. The van der Waals surface area contributed by atoms with Gasteiger partial charge in [0.2, 0.25) is 0 Å². The fourth-order valence-electron chi connectivity index (χ4n) is 1.17. The van der Waals surface area contributed by atoms with Crippen LogP contribution < -0.4 is 5.32 Å². The average Bonchev–Trinajstić information content (AvgIpc) is 2.23. The minimum absolute atomic E-state index is 0.189. The molecule has 0 heterocycles. The average molecular weight is 243 g/mol. The van der Waals surface area contributed by atoms with E-state index in [1.807, 2.05) is 6.07 Å². The number of hydrogen-bond acceptors (Lipinski definition) is 4. The Hall–Kier alpha value is -1.81. The van der Waals surface area contributed by atoms with E-state index >= 15 is 0 Å². The first kappa shape index (κ1) is 15.2. The monoisotopic (exact) mass is 243 g/mol. The summed E-state index contributed by atoms with van der Waals surface area (Å²) in [5.74, 6) is -1.66. The van der Waals surface area contributed by atoms with Crippen LogP contribution >= 0.6 is 0 Å². The maximum Gasteiger partial charge on any atom is 0.328 e. The number of carbonyl (C=O) groups excluding carboxylic acids is 1. The van der Waals surface area contributed by atoms with Gasteiger partial charge in [-0.25, -0.2) is 9.59 Å². The van der Waals surface area contributed by atoms with Crippen molar-refractivity contribution in [2.45, 2.75) is 26.0 Å². The van der Waals surface area contributed by atoms with Gasteiger partial charge in [-0.2, -0.15) is 5.26 Å². The minimum Gasteiger partial charge on any atom is -0.480 e. The number of nitrogens with zero attached hydrogens (tertiary/aromatic N) is 2. The van der Waals surface area contributed by atoms with Gasteiger partial charge in [-0.3, -0.25) is 0 Å². The van der Waals surface area contributed by atoms with E-state index in [1.54, 1.807) is 6.92 Å². The summed E-state index contributed by atoms with van der Waals surface area (Å²) < 4.78 is 0. The van der Waals surface area contributed by atoms with E-state index in [-0.39, 0.29) is 12.5 Å². The smallest absolute Gasteiger partial charge is 0.328 e. The number of nitriles is 1. The van der Waals surface area contributed by atoms with Gasteiger partial charge >= 0.3 is 12.0 Å². The van der Waals surface area contributed by atoms with Gasteiger partial charge in [0, 0.05) is 13.6 Å². The topological polar surface area (TPSA) is 114 Å². The van der Waals surface area contributed by atoms with Crippen LogP contribution in [0.25, 0.3) is 0 Å². The van der Waals surface area contributed by atoms with E-state index in [4.69, 9.17) is 10.4 Å². The van der Waals surface area contributed by atoms with Crippen LogP contribution in [0.3, 0.4) is 0 Å². The number of nitrogens with one attached hydrogen (secondary N) is 1. The Bertz CT molecular complexity index is 324. The molecule has 0 fully saturated rings. The molecule has 3 unspecified atom stereocenters. The van der Waals surface area contributed by atoms with Gasteiger partial charge in [0.1, 0.15) is 0 Å². The Labute approximate surface area is 99.6 Å². The highest BCUT2D eigenvalue weighted by Crippen LogP contribution is 1.99. The highest BCUT2D eigenvalue weighted by atomic mass is 16.4. The summed E-state index contributed by atoms with van der Waals surface area (Å²) in [6, 6.07) is -0.0353. The molecule has 0 aromatic carbocycles. The first-order chi connectivity index (χ1) is 7.79. The van der Waals surface area contributed by atoms with Gasteiger partial charge in [-0.15, -0.1) is 0 Å². The molecule has 0 aliphatic carbocycles. The second-order valence-electron chi connectivity index (χ2n) is 3.92. The Morgan fingerprint density at radius 2 is 2.00 bits per heavy atom. The van der Waals surface area contributed by atoms with Crippen LogP contribution in [0.1, 0.15) is 13.8 Å². The van der Waals surface area contributed by atoms with E-state index in [0.717, 1.165) is 0 Å². The summed E-state index contributed by atoms with van der Waals surface area (Å²) >= 11 is 0. The van der Waals surface area contributed by atoms with Crippen LogP contribution in [0, 0.1) is 17.2 Å². The van der Waals surface area contributed by atoms with Crippen molar-refractivity contribution >= 4 is 12.0 Å². The summed E-state index contributed by atoms with van der Waals surface area (Å²) in [6.45, 7) is 3.11. The molecular formula is C10H17N3O4. The molecule has 2 amide bonds. The van der Waals surface area contributed by atoms with Crippen molar-refractivity contribution < 1.29 is 19.8 Å². The Morgan fingerprint density at radius 1 is 1.47 bits per heavy atom. The summed E-state index contributed by atoms with van der Waals surface area (Å²) in [4.78, 5) is 23.5. The molecule has 3 N–H and O–H groups in total. The first-order valence-electron chi connectivity index (χ1n) is 5.11. The number of carboxylic acid groups (broad SMARTS) is 1. The summed E-state index contributed by atoms with van der Waals surface area (Å²) in [5.41, 5.74) is 0. The highest BCUT2D eigenvalue weighted by molar-refractivity contribution is 5.82. The lowest BCUT2D eigenvalue weighted by atomic mass is 10.2. The number of aliphatic carboxylic acids is 1. The third-order valence-electron chi connectivity index (χ3n) is 2.14. The molecule has 0 saturated heterocycles. The maximum atomic E-state index is 11.5. The van der Waals surface area contributed by atoms with Gasteiger partial charge in [-0.1, -0.05) is 0 Å². The molecular weight excluding hydrogens is 226 g/mol. The van der Waals surface area contributed by atoms with Crippen molar-refractivity contribution in [2.24, 2.45) is 5.92 Å². The minimum atomic E-state index is -1.36. The lowest BCUT2D eigenvalue weighted by Gasteiger charge is -2.23. The number of urea groups is 1. The third kappa shape index (κ3) is 5.17. The molecule has 0 radical (unpaired) electrons. The standard InChI is InChI=1S/C10H17N3O4/c1-6(4-11)5-13(3)10(17)12-8(7(2)14)9(15)16/h6-8,14H,5H2,1-3H3,(H,12,17)(H,15,16). The molecule has 0 bridgehead atoms. The molecule has 0 saturated carbocycles. The van der Waals surface area contributed by atoms with Crippen LogP contribution in [-0.2, 0) is 4.79 Å². The highest BCUT2D eigenvalue weighted by Gasteiger charge is 2.26. The first-order valence-corrected chi connectivity index (χ1v) is 5.11. The van der Waals surface area contributed by atoms with Crippen LogP contribution in [0.2, 0.25) is 0 Å². The molecule has 0 aliphatic rings. The normalized spacial score (nSPS) is 15.2. The van der Waals surface area contributed by atoms with Gasteiger partial charge in [0.25, 0.3) is 0 Å². The molecule has 0 aliphatic heterocycles. The third-order valence-corrected chi connectivity index (χ3v) is 2.14. The number of amides is 2. The molecule has 0 rings (SSSR count). The van der Waals surface area contributed by atoms with E-state index in [2.05, 4.69) is 5.32 Å². The van der Waals surface area contributed by atoms with Gasteiger partial charge in [0.15, 0.2) is 6.04 Å². The van der Waals surface area contributed by atoms with Crippen LogP contribution in [0.4, 0.5) is 4.79 Å². The predicted molar refractivity (Wildman–Crippen MR) is 59.0 cm³/mol. The fourth-order valence-corrected chi connectivity index (χ4v) is 1.17. The van der Waals surface area contributed by atoms with E-state index in [0.29, 0.717) is 0 Å². The molecule has 0 aromatic heterocycles. The van der Waals surface area contributed by atoms with Crippen molar-refractivity contribution in [1.29, 1.82) is 5.26 Å². The lowest BCUT2D eigenvalue weighted by Crippen LogP contribution is -2.52. The van der Waals surface area contributed by atoms with E-state index < -0.39 is 24.1 Å². The van der Waals surface area contributed by atoms with Gasteiger partial charge < -0.3 is 20.4 Å². The second kappa shape index (κ2) is 6.70. The van der Waals surface area contributed by atoms with Crippen molar-refractivity contribution in [1.82, 2.24) is 10.2 Å². The zero-order chi connectivity index (χ0) is 13.6. The quantitative estimate of drug-likeness (QED) is 0.609. The predicted octanol–water partition coefficient (Wildman–Crippen LogP) is -0.379. The Morgan fingerprint density at radius 3 is 2.35 bits per heavy atom. The summed E-state index contributed by atoms with van der Waals surface area (Å²) in [5, 5.41) is 28.7. The van der Waals surface area contributed by atoms with Crippen molar-refractivity contribution in [3.63, 3.8) is 0 Å². The molecule has 96 valence electrons. The number of aliphatic hydroxyl groups is 1. The van der Waals surface area contributed by atoms with Gasteiger partial charge in [-0.05, 0) is 13.8 Å². The number of carbonyl (C=O) groups is 2. The second-order valence-corrected chi connectivity index (χ2v) is 3.92. The zero-order valence-electron chi connectivity index (χ0n) is 10.0. The fraction of sp³-hybridized carbons (Fsp3) is 0.700. The number of rotatable bonds is 5. The lowest BCUT2D eigenvalue weighted by molar-refractivity contribution is -0.141. The maximum absolute atomic E-state index is 11.5. The zero-order valence-corrected chi connectivity index (χ0v) is 10.0. The summed E-state index contributed by atoms with van der Waals surface area (Å²) in [7, 11) is 1.45. The number of aliphatic hydroxyl groups excluding tert-OH is 1. The Balaban J connectivity index is 4.42. The number of carboxylic acids is 1. The van der Waals surface area contributed by atoms with Crippen LogP contribution in [0.5, 0.6) is 0 Å². The molecule has 3 atom stereocenters. The van der Waals surface area contributed by atoms with E-state index in [1.165, 1.54) is 18.9 Å². The van der Waals surface area contributed by atoms with E-state index in [9.17, 15) is 14.7 Å². The van der Waals surface area contributed by atoms with Crippen molar-refractivity contribution in [2.75, 3.05) is 13.6 Å². The molecule has 0 aromatic rings. The summed E-state index contributed by atoms with van der Waals surface area (Å²) in [6.07, 6.45) is -1.20. The SMILES string of the molecule is CC(C#N)CN(C)C(=O)NC(C(=O)O)C(C)O. The van der Waals surface area contributed by atoms with Crippen molar-refractivity contribution in [3.8, 4) is 6.07 Å². The molecule has 17 heavy (non-hydrogen) atoms. The molecule has 0 spiro atoms. The molecule has 7 nitrogen and oxygen atoms in total. The Kier molecular flexibility index (Phi) is 5.99. The van der Waals surface area contributed by atoms with Crippen LogP contribution in [0.15, 0.2) is 0 Å². The van der Waals surface area contributed by atoms with Crippen molar-refractivity contribution in [3.05, 3.63) is 0 Å². The molecule has 7 heteroatoms. The number of hydrogen-bond donors (Lipinski definition) is 3. The van der Waals surface area contributed by atoms with Gasteiger partial charge in [0.05, 0.1) is 18.1 Å². The van der Waals surface area contributed by atoms with Crippen LogP contribution in [-0.4, -0.2) is 52.9 Å².